The van der Waals surface area contributed by atoms with Gasteiger partial charge in [-0.05, 0) is 35.5 Å². The molecule has 1 unspecified atom stereocenters. The van der Waals surface area contributed by atoms with Crippen LogP contribution in [0.3, 0.4) is 0 Å². The summed E-state index contributed by atoms with van der Waals surface area (Å²) in [7, 11) is 1.89. The van der Waals surface area contributed by atoms with E-state index in [9.17, 15) is 0 Å². The van der Waals surface area contributed by atoms with Crippen molar-refractivity contribution in [3.63, 3.8) is 0 Å². The van der Waals surface area contributed by atoms with Gasteiger partial charge in [0.2, 0.25) is 0 Å². The summed E-state index contributed by atoms with van der Waals surface area (Å²) in [5, 5.41) is 11.6. The number of aromatic nitrogens is 3. The molecular formula is C14H19BrN4O. The van der Waals surface area contributed by atoms with Crippen LogP contribution in [0.15, 0.2) is 28.9 Å². The average Bonchev–Trinajstić information content (AvgIpc) is 2.77. The van der Waals surface area contributed by atoms with Crippen LogP contribution in [0.5, 0.6) is 5.75 Å². The van der Waals surface area contributed by atoms with E-state index in [0.717, 1.165) is 28.2 Å². The Hall–Kier alpha value is -1.40. The summed E-state index contributed by atoms with van der Waals surface area (Å²) in [6.45, 7) is 5.54. The largest absolute Gasteiger partial charge is 0.494 e. The number of aryl methyl sites for hydroxylation is 1. The molecular weight excluding hydrogens is 320 g/mol. The normalized spacial score (nSPS) is 12.4. The number of hydrogen-bond acceptors (Lipinski definition) is 4. The van der Waals surface area contributed by atoms with E-state index in [0.29, 0.717) is 6.61 Å². The number of nitrogens with zero attached hydrogens (tertiary/aromatic N) is 3. The molecule has 0 radical (unpaired) electrons. The number of ether oxygens (including phenoxy) is 1. The maximum Gasteiger partial charge on any atom is 0.153 e. The van der Waals surface area contributed by atoms with Gasteiger partial charge in [0.15, 0.2) is 4.60 Å². The van der Waals surface area contributed by atoms with Gasteiger partial charge in [0.25, 0.3) is 0 Å². The summed E-state index contributed by atoms with van der Waals surface area (Å²) in [5.74, 6) is 0.883. The molecule has 0 bridgehead atoms. The van der Waals surface area contributed by atoms with Crippen molar-refractivity contribution in [3.8, 4) is 5.75 Å². The van der Waals surface area contributed by atoms with Crippen molar-refractivity contribution in [2.24, 2.45) is 7.05 Å². The van der Waals surface area contributed by atoms with Crippen molar-refractivity contribution >= 4 is 15.9 Å². The first-order chi connectivity index (χ1) is 9.69. The molecule has 1 aromatic carbocycles. The highest BCUT2D eigenvalue weighted by molar-refractivity contribution is 9.10. The second-order valence-corrected chi connectivity index (χ2v) is 5.10. The Kier molecular flexibility index (Phi) is 5.14. The highest BCUT2D eigenvalue weighted by Crippen LogP contribution is 2.32. The standard InChI is InChI=1S/C14H19BrN4O/c1-4-16-12(13-14(15)17-18-19(13)3)10-8-6-7-9-11(10)20-5-2/h6-9,12,16H,4-5H2,1-3H3. The first-order valence-corrected chi connectivity index (χ1v) is 7.48. The average molecular weight is 339 g/mol. The molecule has 108 valence electrons. The number of para-hydroxylation sites is 1. The van der Waals surface area contributed by atoms with Gasteiger partial charge in [0.05, 0.1) is 18.3 Å². The lowest BCUT2D eigenvalue weighted by Gasteiger charge is -2.21. The Bertz CT molecular complexity index is 551. The van der Waals surface area contributed by atoms with E-state index in [1.165, 1.54) is 0 Å². The molecule has 0 aliphatic heterocycles. The smallest absolute Gasteiger partial charge is 0.153 e. The molecule has 0 aliphatic carbocycles. The second kappa shape index (κ2) is 6.85. The molecule has 1 heterocycles. The minimum absolute atomic E-state index is 0.0166. The van der Waals surface area contributed by atoms with Crippen LogP contribution in [0.4, 0.5) is 0 Å². The van der Waals surface area contributed by atoms with Gasteiger partial charge in [0.1, 0.15) is 5.75 Å². The minimum atomic E-state index is -0.0166. The van der Waals surface area contributed by atoms with Gasteiger partial charge in [-0.1, -0.05) is 30.3 Å². The zero-order valence-electron chi connectivity index (χ0n) is 11.9. The zero-order valence-corrected chi connectivity index (χ0v) is 13.5. The van der Waals surface area contributed by atoms with E-state index in [-0.39, 0.29) is 6.04 Å². The third kappa shape index (κ3) is 3.02. The van der Waals surface area contributed by atoms with E-state index < -0.39 is 0 Å². The van der Waals surface area contributed by atoms with Gasteiger partial charge in [-0.2, -0.15) is 0 Å². The van der Waals surface area contributed by atoms with Gasteiger partial charge < -0.3 is 10.1 Å². The predicted octanol–water partition coefficient (Wildman–Crippen LogP) is 2.68. The van der Waals surface area contributed by atoms with E-state index >= 15 is 0 Å². The first kappa shape index (κ1) is 15.0. The van der Waals surface area contributed by atoms with Crippen molar-refractivity contribution in [3.05, 3.63) is 40.1 Å². The molecule has 2 rings (SSSR count). The molecule has 0 fully saturated rings. The molecule has 0 amide bonds. The van der Waals surface area contributed by atoms with Crippen LogP contribution >= 0.6 is 15.9 Å². The van der Waals surface area contributed by atoms with Crippen LogP contribution in [0, 0.1) is 0 Å². The molecule has 20 heavy (non-hydrogen) atoms. The molecule has 0 saturated carbocycles. The molecule has 6 heteroatoms. The molecule has 2 aromatic rings. The number of benzene rings is 1. The number of nitrogens with one attached hydrogen (secondary N) is 1. The van der Waals surface area contributed by atoms with Crippen molar-refractivity contribution in [2.75, 3.05) is 13.2 Å². The molecule has 0 saturated heterocycles. The monoisotopic (exact) mass is 338 g/mol. The van der Waals surface area contributed by atoms with Gasteiger partial charge in [-0.3, -0.25) is 0 Å². The maximum atomic E-state index is 5.74. The highest BCUT2D eigenvalue weighted by Gasteiger charge is 2.23. The van der Waals surface area contributed by atoms with Crippen LogP contribution in [0.1, 0.15) is 31.1 Å². The number of hydrogen-bond donors (Lipinski definition) is 1. The van der Waals surface area contributed by atoms with Gasteiger partial charge in [0, 0.05) is 12.6 Å². The fourth-order valence-electron chi connectivity index (χ4n) is 2.21. The molecule has 0 spiro atoms. The SMILES string of the molecule is CCNC(c1ccccc1OCC)c1c(Br)nnn1C. The summed E-state index contributed by atoms with van der Waals surface area (Å²) in [6.07, 6.45) is 0. The number of rotatable bonds is 6. The lowest BCUT2D eigenvalue weighted by molar-refractivity contribution is 0.333. The molecule has 1 atom stereocenters. The topological polar surface area (TPSA) is 52.0 Å². The lowest BCUT2D eigenvalue weighted by atomic mass is 10.0. The quantitative estimate of drug-likeness (QED) is 0.879. The molecule has 5 nitrogen and oxygen atoms in total. The Labute approximate surface area is 127 Å². The highest BCUT2D eigenvalue weighted by atomic mass is 79.9. The first-order valence-electron chi connectivity index (χ1n) is 6.69. The second-order valence-electron chi connectivity index (χ2n) is 4.35. The zero-order chi connectivity index (χ0) is 14.5. The van der Waals surface area contributed by atoms with Gasteiger partial charge in [-0.15, -0.1) is 5.10 Å². The maximum absolute atomic E-state index is 5.74. The van der Waals surface area contributed by atoms with Crippen LogP contribution < -0.4 is 10.1 Å². The summed E-state index contributed by atoms with van der Waals surface area (Å²) in [5.41, 5.74) is 2.07. The Morgan fingerprint density at radius 1 is 1.35 bits per heavy atom. The summed E-state index contributed by atoms with van der Waals surface area (Å²) in [4.78, 5) is 0. The predicted molar refractivity (Wildman–Crippen MR) is 81.8 cm³/mol. The van der Waals surface area contributed by atoms with Crippen LogP contribution in [0.2, 0.25) is 0 Å². The third-order valence-electron chi connectivity index (χ3n) is 3.04. The Morgan fingerprint density at radius 3 is 2.70 bits per heavy atom. The van der Waals surface area contributed by atoms with Crippen LogP contribution in [-0.2, 0) is 7.05 Å². The van der Waals surface area contributed by atoms with Gasteiger partial charge >= 0.3 is 0 Å². The van der Waals surface area contributed by atoms with Crippen LogP contribution in [-0.4, -0.2) is 28.1 Å². The summed E-state index contributed by atoms with van der Waals surface area (Å²) in [6, 6.07) is 8.03. The Morgan fingerprint density at radius 2 is 2.10 bits per heavy atom. The molecule has 0 aliphatic rings. The van der Waals surface area contributed by atoms with Crippen molar-refractivity contribution < 1.29 is 4.74 Å². The van der Waals surface area contributed by atoms with Gasteiger partial charge in [-0.25, -0.2) is 4.68 Å². The molecule has 1 N–H and O–H groups in total. The van der Waals surface area contributed by atoms with E-state index in [4.69, 9.17) is 4.74 Å². The lowest BCUT2D eigenvalue weighted by Crippen LogP contribution is -2.25. The third-order valence-corrected chi connectivity index (χ3v) is 3.60. The summed E-state index contributed by atoms with van der Waals surface area (Å²) >= 11 is 3.47. The fourth-order valence-corrected chi connectivity index (χ4v) is 2.77. The summed E-state index contributed by atoms with van der Waals surface area (Å²) < 4.78 is 8.26. The van der Waals surface area contributed by atoms with Crippen molar-refractivity contribution in [1.82, 2.24) is 20.3 Å². The van der Waals surface area contributed by atoms with E-state index in [1.807, 2.05) is 32.2 Å². The van der Waals surface area contributed by atoms with E-state index in [1.54, 1.807) is 4.68 Å². The number of halogens is 1. The van der Waals surface area contributed by atoms with Crippen molar-refractivity contribution in [2.45, 2.75) is 19.9 Å². The minimum Gasteiger partial charge on any atom is -0.494 e. The van der Waals surface area contributed by atoms with Crippen molar-refractivity contribution in [1.29, 1.82) is 0 Å². The molecule has 1 aromatic heterocycles. The van der Waals surface area contributed by atoms with Crippen LogP contribution in [0.25, 0.3) is 0 Å². The Balaban J connectivity index is 2.49. The van der Waals surface area contributed by atoms with E-state index in [2.05, 4.69) is 44.5 Å². The fraction of sp³-hybridized carbons (Fsp3) is 0.429.